The molecule has 0 radical (unpaired) electrons. The van der Waals surface area contributed by atoms with Crippen LogP contribution in [0.4, 0.5) is 4.79 Å². The normalized spacial score (nSPS) is 10.2. The molecule has 0 saturated heterocycles. The highest BCUT2D eigenvalue weighted by Gasteiger charge is 2.12. The van der Waals surface area contributed by atoms with Crippen molar-refractivity contribution >= 4 is 23.5 Å². The molecular weight excluding hydrogens is 314 g/mol. The zero-order valence-corrected chi connectivity index (χ0v) is 13.5. The quantitative estimate of drug-likeness (QED) is 0.884. The Labute approximate surface area is 140 Å². The Morgan fingerprint density at radius 3 is 2.17 bits per heavy atom. The molecule has 0 saturated carbocycles. The fraction of sp³-hybridized carbons (Fsp3) is 0.176. The van der Waals surface area contributed by atoms with Crippen LogP contribution in [0.25, 0.3) is 0 Å². The fourth-order valence-corrected chi connectivity index (χ4v) is 2.24. The Balaban J connectivity index is 1.98. The average molecular weight is 332 g/mol. The van der Waals surface area contributed by atoms with Crippen LogP contribution in [0, 0.1) is 0 Å². The van der Waals surface area contributed by atoms with Gasteiger partial charge in [-0.3, -0.25) is 4.79 Å². The number of amides is 3. The van der Waals surface area contributed by atoms with E-state index in [1.54, 1.807) is 48.3 Å². The highest BCUT2D eigenvalue weighted by atomic mass is 35.5. The predicted molar refractivity (Wildman–Crippen MR) is 90.1 cm³/mol. The molecule has 0 unspecified atom stereocenters. The van der Waals surface area contributed by atoms with Crippen LogP contribution in [0.2, 0.25) is 5.02 Å². The zero-order valence-electron chi connectivity index (χ0n) is 12.8. The van der Waals surface area contributed by atoms with Gasteiger partial charge >= 0.3 is 6.03 Å². The van der Waals surface area contributed by atoms with Gasteiger partial charge in [0.25, 0.3) is 5.91 Å². The number of nitrogens with two attached hydrogens (primary N) is 1. The summed E-state index contributed by atoms with van der Waals surface area (Å²) in [5, 5.41) is 3.17. The van der Waals surface area contributed by atoms with Crippen molar-refractivity contribution in [3.8, 4) is 0 Å². The minimum absolute atomic E-state index is 0.0747. The van der Waals surface area contributed by atoms with Crippen LogP contribution in [-0.2, 0) is 13.1 Å². The molecule has 23 heavy (non-hydrogen) atoms. The molecule has 0 atom stereocenters. The zero-order chi connectivity index (χ0) is 16.8. The first-order valence-electron chi connectivity index (χ1n) is 7.08. The molecule has 3 N–H and O–H groups in total. The summed E-state index contributed by atoms with van der Waals surface area (Å²) in [6.45, 7) is 0.839. The summed E-state index contributed by atoms with van der Waals surface area (Å²) in [6.07, 6.45) is 0. The highest BCUT2D eigenvalue weighted by Crippen LogP contribution is 2.13. The van der Waals surface area contributed by atoms with E-state index in [0.29, 0.717) is 23.7 Å². The molecular formula is C17H18ClN3O2. The largest absolute Gasteiger partial charge is 0.352 e. The molecule has 6 heteroatoms. The van der Waals surface area contributed by atoms with Crippen LogP contribution in [0.3, 0.4) is 0 Å². The molecule has 0 aliphatic rings. The molecule has 0 fully saturated rings. The van der Waals surface area contributed by atoms with Crippen LogP contribution < -0.4 is 11.1 Å². The van der Waals surface area contributed by atoms with Crippen molar-refractivity contribution in [2.45, 2.75) is 13.1 Å². The lowest BCUT2D eigenvalue weighted by molar-refractivity contribution is 0.0785. The summed E-state index contributed by atoms with van der Waals surface area (Å²) >= 11 is 5.85. The molecule has 0 aliphatic heterocycles. The molecule has 2 aromatic carbocycles. The summed E-state index contributed by atoms with van der Waals surface area (Å²) in [6, 6.07) is 13.9. The van der Waals surface area contributed by atoms with Crippen LogP contribution in [0.15, 0.2) is 48.5 Å². The fourth-order valence-electron chi connectivity index (χ4n) is 2.11. The number of halogens is 1. The lowest BCUT2D eigenvalue weighted by Crippen LogP contribution is -2.28. The van der Waals surface area contributed by atoms with Crippen LogP contribution >= 0.6 is 11.6 Å². The Hall–Kier alpha value is -2.53. The van der Waals surface area contributed by atoms with Crippen LogP contribution in [0.1, 0.15) is 21.5 Å². The van der Waals surface area contributed by atoms with Crippen LogP contribution in [-0.4, -0.2) is 23.9 Å². The summed E-state index contributed by atoms with van der Waals surface area (Å²) in [7, 11) is 1.75. The van der Waals surface area contributed by atoms with Gasteiger partial charge in [-0.25, -0.2) is 4.79 Å². The van der Waals surface area contributed by atoms with E-state index < -0.39 is 6.03 Å². The van der Waals surface area contributed by atoms with Crippen molar-refractivity contribution in [1.82, 2.24) is 10.2 Å². The molecule has 0 heterocycles. The number of hydrogen-bond donors (Lipinski definition) is 2. The molecule has 2 rings (SSSR count). The number of primary amides is 1. The summed E-state index contributed by atoms with van der Waals surface area (Å²) in [4.78, 5) is 24.7. The molecule has 0 aromatic heterocycles. The average Bonchev–Trinajstić information content (AvgIpc) is 2.55. The molecule has 2 aromatic rings. The maximum absolute atomic E-state index is 12.4. The molecule has 0 spiro atoms. The van der Waals surface area contributed by atoms with E-state index in [9.17, 15) is 9.59 Å². The van der Waals surface area contributed by atoms with Gasteiger partial charge in [0.15, 0.2) is 0 Å². The second-order valence-corrected chi connectivity index (χ2v) is 5.64. The van der Waals surface area contributed by atoms with Crippen molar-refractivity contribution < 1.29 is 9.59 Å². The lowest BCUT2D eigenvalue weighted by Gasteiger charge is -2.17. The van der Waals surface area contributed by atoms with Gasteiger partial charge in [0, 0.05) is 30.7 Å². The van der Waals surface area contributed by atoms with E-state index in [0.717, 1.165) is 11.1 Å². The standard InChI is InChI=1S/C17H18ClN3O2/c1-21(11-13-4-8-15(18)9-5-13)16(22)14-6-2-12(3-7-14)10-20-17(19)23/h2-9H,10-11H2,1H3,(H3,19,20,23). The van der Waals surface area contributed by atoms with Crippen molar-refractivity contribution in [3.63, 3.8) is 0 Å². The second-order valence-electron chi connectivity index (χ2n) is 5.20. The first-order valence-corrected chi connectivity index (χ1v) is 7.45. The van der Waals surface area contributed by atoms with E-state index in [2.05, 4.69) is 5.32 Å². The Bertz CT molecular complexity index is 684. The van der Waals surface area contributed by atoms with Gasteiger partial charge in [-0.2, -0.15) is 0 Å². The predicted octanol–water partition coefficient (Wildman–Crippen LogP) is 2.78. The Morgan fingerprint density at radius 1 is 1.04 bits per heavy atom. The molecule has 120 valence electrons. The highest BCUT2D eigenvalue weighted by molar-refractivity contribution is 6.30. The maximum Gasteiger partial charge on any atom is 0.312 e. The molecule has 0 bridgehead atoms. The SMILES string of the molecule is CN(Cc1ccc(Cl)cc1)C(=O)c1ccc(CNC(N)=O)cc1. The number of nitrogens with one attached hydrogen (secondary N) is 1. The van der Waals surface area contributed by atoms with Crippen molar-refractivity contribution in [2.75, 3.05) is 7.05 Å². The molecule has 0 aliphatic carbocycles. The number of rotatable bonds is 5. The van der Waals surface area contributed by atoms with Gasteiger partial charge < -0.3 is 16.0 Å². The van der Waals surface area contributed by atoms with Gasteiger partial charge in [0.2, 0.25) is 0 Å². The topological polar surface area (TPSA) is 75.4 Å². The minimum atomic E-state index is -0.576. The van der Waals surface area contributed by atoms with E-state index in [1.807, 2.05) is 12.1 Å². The number of hydrogen-bond acceptors (Lipinski definition) is 2. The third-order valence-electron chi connectivity index (χ3n) is 3.35. The van der Waals surface area contributed by atoms with Crippen molar-refractivity contribution in [3.05, 3.63) is 70.2 Å². The minimum Gasteiger partial charge on any atom is -0.352 e. The van der Waals surface area contributed by atoms with Gasteiger partial charge in [0.05, 0.1) is 0 Å². The first kappa shape index (κ1) is 16.8. The summed E-state index contributed by atoms with van der Waals surface area (Å²) < 4.78 is 0. The number of carbonyl (C=O) groups excluding carboxylic acids is 2. The maximum atomic E-state index is 12.4. The van der Waals surface area contributed by atoms with E-state index in [-0.39, 0.29) is 5.91 Å². The second kappa shape index (κ2) is 7.65. The van der Waals surface area contributed by atoms with Gasteiger partial charge in [0.1, 0.15) is 0 Å². The number of nitrogens with zero attached hydrogens (tertiary/aromatic N) is 1. The van der Waals surface area contributed by atoms with Gasteiger partial charge in [-0.05, 0) is 35.4 Å². The summed E-state index contributed by atoms with van der Waals surface area (Å²) in [5.41, 5.74) is 7.49. The van der Waals surface area contributed by atoms with E-state index in [4.69, 9.17) is 17.3 Å². The number of benzene rings is 2. The van der Waals surface area contributed by atoms with Crippen molar-refractivity contribution in [1.29, 1.82) is 0 Å². The van der Waals surface area contributed by atoms with Gasteiger partial charge in [-0.1, -0.05) is 35.9 Å². The van der Waals surface area contributed by atoms with Crippen LogP contribution in [0.5, 0.6) is 0 Å². The molecule has 3 amide bonds. The third kappa shape index (κ3) is 5.00. The Kier molecular flexibility index (Phi) is 5.60. The van der Waals surface area contributed by atoms with E-state index >= 15 is 0 Å². The first-order chi connectivity index (χ1) is 11.0. The van der Waals surface area contributed by atoms with Gasteiger partial charge in [-0.15, -0.1) is 0 Å². The monoisotopic (exact) mass is 331 g/mol. The summed E-state index contributed by atoms with van der Waals surface area (Å²) in [5.74, 6) is -0.0747. The Morgan fingerprint density at radius 2 is 1.61 bits per heavy atom. The molecule has 5 nitrogen and oxygen atoms in total. The number of carbonyl (C=O) groups is 2. The lowest BCUT2D eigenvalue weighted by atomic mass is 10.1. The van der Waals surface area contributed by atoms with E-state index in [1.165, 1.54) is 0 Å². The third-order valence-corrected chi connectivity index (χ3v) is 3.60. The van der Waals surface area contributed by atoms with Crippen molar-refractivity contribution in [2.24, 2.45) is 5.73 Å². The number of urea groups is 1. The smallest absolute Gasteiger partial charge is 0.312 e.